The first-order chi connectivity index (χ1) is 10.5. The third-order valence-corrected chi connectivity index (χ3v) is 4.84. The molecule has 0 radical (unpaired) electrons. The molecular weight excluding hydrogens is 289 g/mol. The second kappa shape index (κ2) is 7.46. The van der Waals surface area contributed by atoms with Crippen molar-refractivity contribution in [1.29, 1.82) is 0 Å². The summed E-state index contributed by atoms with van der Waals surface area (Å²) in [5.41, 5.74) is 0.729. The Balaban J connectivity index is 2.93. The summed E-state index contributed by atoms with van der Waals surface area (Å²) < 4.78 is 13.0. The van der Waals surface area contributed by atoms with Crippen molar-refractivity contribution < 1.29 is 9.18 Å². The van der Waals surface area contributed by atoms with E-state index in [2.05, 4.69) is 53.8 Å². The molecule has 0 bridgehead atoms. The Morgan fingerprint density at radius 3 is 1.91 bits per heavy atom. The summed E-state index contributed by atoms with van der Waals surface area (Å²) in [6.45, 7) is 16.3. The lowest BCUT2D eigenvalue weighted by Crippen LogP contribution is -2.46. The van der Waals surface area contributed by atoms with E-state index >= 15 is 0 Å². The molecule has 0 aromatic heterocycles. The Morgan fingerprint density at radius 1 is 1.04 bits per heavy atom. The summed E-state index contributed by atoms with van der Waals surface area (Å²) in [6, 6.07) is 5.70. The van der Waals surface area contributed by atoms with Gasteiger partial charge in [-0.2, -0.15) is 0 Å². The molecule has 0 fully saturated rings. The predicted molar refractivity (Wildman–Crippen MR) is 94.9 cm³/mol. The van der Waals surface area contributed by atoms with Crippen molar-refractivity contribution in [3.63, 3.8) is 0 Å². The fraction of sp³-hybridized carbons (Fsp3) is 0.650. The van der Waals surface area contributed by atoms with Crippen LogP contribution >= 0.6 is 0 Å². The van der Waals surface area contributed by atoms with Crippen LogP contribution in [0, 0.1) is 28.5 Å². The maximum atomic E-state index is 13.0. The minimum atomic E-state index is -0.326. The zero-order valence-corrected chi connectivity index (χ0v) is 15.7. The van der Waals surface area contributed by atoms with Crippen LogP contribution in [0.4, 0.5) is 4.39 Å². The first-order valence-electron chi connectivity index (χ1n) is 8.52. The van der Waals surface area contributed by atoms with Gasteiger partial charge in [-0.15, -0.1) is 0 Å². The van der Waals surface area contributed by atoms with Crippen molar-refractivity contribution in [2.75, 3.05) is 6.54 Å². The van der Waals surface area contributed by atoms with Gasteiger partial charge in [-0.1, -0.05) is 48.5 Å². The van der Waals surface area contributed by atoms with Gasteiger partial charge < -0.3 is 5.32 Å². The van der Waals surface area contributed by atoms with E-state index in [-0.39, 0.29) is 22.6 Å². The van der Waals surface area contributed by atoms with Crippen molar-refractivity contribution in [1.82, 2.24) is 5.32 Å². The Labute approximate surface area is 140 Å². The van der Waals surface area contributed by atoms with Crippen molar-refractivity contribution in [2.24, 2.45) is 22.7 Å². The van der Waals surface area contributed by atoms with Crippen LogP contribution < -0.4 is 5.32 Å². The molecule has 0 unspecified atom stereocenters. The quantitative estimate of drug-likeness (QED) is 0.758. The third-order valence-electron chi connectivity index (χ3n) is 4.84. The van der Waals surface area contributed by atoms with Crippen LogP contribution in [-0.2, 0) is 0 Å². The average molecular weight is 321 g/mol. The Morgan fingerprint density at radius 2 is 1.52 bits per heavy atom. The highest BCUT2D eigenvalue weighted by Crippen LogP contribution is 2.44. The van der Waals surface area contributed by atoms with Gasteiger partial charge in [0.2, 0.25) is 0 Å². The second-order valence-corrected chi connectivity index (χ2v) is 8.47. The van der Waals surface area contributed by atoms with Gasteiger partial charge in [0.1, 0.15) is 5.82 Å². The van der Waals surface area contributed by atoms with E-state index in [1.165, 1.54) is 24.3 Å². The van der Waals surface area contributed by atoms with Gasteiger partial charge in [0.25, 0.3) is 5.91 Å². The highest BCUT2D eigenvalue weighted by molar-refractivity contribution is 5.94. The SMILES string of the molecule is CC(C)C(CNC(=O)c1ccc(F)cc1)(CC(C)(C)C)C(C)C. The van der Waals surface area contributed by atoms with Crippen LogP contribution in [-0.4, -0.2) is 12.5 Å². The molecule has 130 valence electrons. The van der Waals surface area contributed by atoms with E-state index in [1.807, 2.05) is 0 Å². The lowest BCUT2D eigenvalue weighted by atomic mass is 9.61. The average Bonchev–Trinajstić information content (AvgIpc) is 2.42. The van der Waals surface area contributed by atoms with Gasteiger partial charge >= 0.3 is 0 Å². The van der Waals surface area contributed by atoms with Crippen molar-refractivity contribution in [2.45, 2.75) is 54.9 Å². The van der Waals surface area contributed by atoms with Crippen LogP contribution in [0.1, 0.15) is 65.2 Å². The number of nitrogens with one attached hydrogen (secondary N) is 1. The number of rotatable bonds is 6. The highest BCUT2D eigenvalue weighted by Gasteiger charge is 2.40. The summed E-state index contributed by atoms with van der Waals surface area (Å²) in [6.07, 6.45) is 1.04. The van der Waals surface area contributed by atoms with Crippen LogP contribution in [0.3, 0.4) is 0 Å². The lowest BCUT2D eigenvalue weighted by Gasteiger charge is -2.45. The van der Waals surface area contributed by atoms with Crippen molar-refractivity contribution >= 4 is 5.91 Å². The van der Waals surface area contributed by atoms with Gasteiger partial charge in [0.05, 0.1) is 0 Å². The molecule has 0 aliphatic rings. The monoisotopic (exact) mass is 321 g/mol. The molecule has 0 heterocycles. The fourth-order valence-corrected chi connectivity index (χ4v) is 3.48. The molecule has 1 aromatic carbocycles. The molecule has 23 heavy (non-hydrogen) atoms. The summed E-state index contributed by atoms with van der Waals surface area (Å²) in [5.74, 6) is 0.447. The molecular formula is C20H32FNO. The smallest absolute Gasteiger partial charge is 0.251 e. The van der Waals surface area contributed by atoms with Crippen molar-refractivity contribution in [3.8, 4) is 0 Å². The number of hydrogen-bond acceptors (Lipinski definition) is 1. The Bertz CT molecular complexity index is 503. The van der Waals surface area contributed by atoms with E-state index in [0.717, 1.165) is 6.42 Å². The van der Waals surface area contributed by atoms with E-state index in [4.69, 9.17) is 0 Å². The van der Waals surface area contributed by atoms with Crippen molar-refractivity contribution in [3.05, 3.63) is 35.6 Å². The first kappa shape index (κ1) is 19.7. The zero-order chi connectivity index (χ0) is 17.8. The predicted octanol–water partition coefficient (Wildman–Crippen LogP) is 5.29. The van der Waals surface area contributed by atoms with Crippen LogP contribution in [0.2, 0.25) is 0 Å². The first-order valence-corrected chi connectivity index (χ1v) is 8.52. The maximum Gasteiger partial charge on any atom is 0.251 e. The minimum Gasteiger partial charge on any atom is -0.351 e. The number of halogens is 1. The number of amides is 1. The topological polar surface area (TPSA) is 29.1 Å². The Hall–Kier alpha value is -1.38. The maximum absolute atomic E-state index is 13.0. The molecule has 1 amide bonds. The largest absolute Gasteiger partial charge is 0.351 e. The summed E-state index contributed by atoms with van der Waals surface area (Å²) >= 11 is 0. The summed E-state index contributed by atoms with van der Waals surface area (Å²) in [7, 11) is 0. The van der Waals surface area contributed by atoms with E-state index < -0.39 is 0 Å². The summed E-state index contributed by atoms with van der Waals surface area (Å²) in [5, 5.41) is 3.08. The minimum absolute atomic E-state index is 0.0357. The van der Waals surface area contributed by atoms with Gasteiger partial charge in [-0.3, -0.25) is 4.79 Å². The standard InChI is InChI=1S/C20H32FNO/c1-14(2)20(15(3)4,12-19(5,6)7)13-22-18(23)16-8-10-17(21)11-9-16/h8-11,14-15H,12-13H2,1-7H3,(H,22,23). The van der Waals surface area contributed by atoms with Gasteiger partial charge in [0.15, 0.2) is 0 Å². The van der Waals surface area contributed by atoms with Gasteiger partial charge in [-0.05, 0) is 53.4 Å². The Kier molecular flexibility index (Phi) is 6.38. The molecule has 1 rings (SSSR count). The molecule has 0 spiro atoms. The van der Waals surface area contributed by atoms with Crippen LogP contribution in [0.5, 0.6) is 0 Å². The van der Waals surface area contributed by atoms with E-state index in [0.29, 0.717) is 23.9 Å². The second-order valence-electron chi connectivity index (χ2n) is 8.47. The summed E-state index contributed by atoms with van der Waals surface area (Å²) in [4.78, 5) is 12.4. The number of carbonyl (C=O) groups excluding carboxylic acids is 1. The highest BCUT2D eigenvalue weighted by atomic mass is 19.1. The van der Waals surface area contributed by atoms with Crippen LogP contribution in [0.25, 0.3) is 0 Å². The number of benzene rings is 1. The van der Waals surface area contributed by atoms with E-state index in [9.17, 15) is 9.18 Å². The molecule has 0 saturated heterocycles. The molecule has 2 nitrogen and oxygen atoms in total. The molecule has 0 aliphatic heterocycles. The number of hydrogen-bond donors (Lipinski definition) is 1. The number of carbonyl (C=O) groups is 1. The van der Waals surface area contributed by atoms with Gasteiger partial charge in [-0.25, -0.2) is 4.39 Å². The van der Waals surface area contributed by atoms with Gasteiger partial charge in [0, 0.05) is 12.1 Å². The van der Waals surface area contributed by atoms with Crippen LogP contribution in [0.15, 0.2) is 24.3 Å². The molecule has 0 atom stereocenters. The molecule has 0 saturated carbocycles. The molecule has 1 N–H and O–H groups in total. The van der Waals surface area contributed by atoms with E-state index in [1.54, 1.807) is 0 Å². The fourth-order valence-electron chi connectivity index (χ4n) is 3.48. The third kappa shape index (κ3) is 5.33. The molecule has 0 aliphatic carbocycles. The molecule has 1 aromatic rings. The molecule has 3 heteroatoms. The zero-order valence-electron chi connectivity index (χ0n) is 15.7. The lowest BCUT2D eigenvalue weighted by molar-refractivity contribution is 0.0490. The normalized spacial score (nSPS) is 12.8.